The van der Waals surface area contributed by atoms with Gasteiger partial charge < -0.3 is 4.74 Å². The molecular formula is C18H14BrFN2O4. The Bertz CT molecular complexity index is 1120. The standard InChI is InChI=1S/C18H14BrFN2O4/c1-2-21-17(24)12-5-3-4-6-14(12)22(18(21)25)10-16(23)26-15-8-7-11(19)9-13(15)20/h3-9H,2,10H2,1H3. The van der Waals surface area contributed by atoms with Crippen molar-refractivity contribution in [2.75, 3.05) is 0 Å². The van der Waals surface area contributed by atoms with E-state index in [1.807, 2.05) is 0 Å². The molecule has 0 saturated carbocycles. The van der Waals surface area contributed by atoms with Crippen LogP contribution in [-0.4, -0.2) is 15.1 Å². The zero-order valence-electron chi connectivity index (χ0n) is 13.7. The smallest absolute Gasteiger partial charge is 0.332 e. The van der Waals surface area contributed by atoms with Gasteiger partial charge >= 0.3 is 11.7 Å². The number of halogens is 2. The molecule has 0 aliphatic rings. The molecule has 0 aliphatic carbocycles. The van der Waals surface area contributed by atoms with Crippen LogP contribution in [0.15, 0.2) is 56.5 Å². The highest BCUT2D eigenvalue weighted by atomic mass is 79.9. The van der Waals surface area contributed by atoms with Gasteiger partial charge in [-0.25, -0.2) is 14.0 Å². The first-order valence-corrected chi connectivity index (χ1v) is 8.59. The summed E-state index contributed by atoms with van der Waals surface area (Å²) in [6.07, 6.45) is 0. The second-order valence-corrected chi connectivity index (χ2v) is 6.40. The number of para-hydroxylation sites is 1. The minimum atomic E-state index is -0.820. The summed E-state index contributed by atoms with van der Waals surface area (Å²) < 4.78 is 21.6. The first kappa shape index (κ1) is 18.1. The van der Waals surface area contributed by atoms with E-state index in [1.165, 1.54) is 18.2 Å². The zero-order chi connectivity index (χ0) is 18.8. The molecule has 2 aromatic carbocycles. The van der Waals surface area contributed by atoms with Crippen LogP contribution in [0, 0.1) is 5.82 Å². The summed E-state index contributed by atoms with van der Waals surface area (Å²) in [4.78, 5) is 37.2. The number of carbonyl (C=O) groups excluding carboxylic acids is 1. The number of nitrogens with zero attached hydrogens (tertiary/aromatic N) is 2. The maximum Gasteiger partial charge on any atom is 0.332 e. The molecular weight excluding hydrogens is 407 g/mol. The van der Waals surface area contributed by atoms with Crippen LogP contribution in [0.3, 0.4) is 0 Å². The predicted octanol–water partition coefficient (Wildman–Crippen LogP) is 2.69. The van der Waals surface area contributed by atoms with Crippen LogP contribution < -0.4 is 16.0 Å². The van der Waals surface area contributed by atoms with E-state index in [1.54, 1.807) is 31.2 Å². The quantitative estimate of drug-likeness (QED) is 0.480. The topological polar surface area (TPSA) is 70.3 Å². The summed E-state index contributed by atoms with van der Waals surface area (Å²) in [6, 6.07) is 10.5. The van der Waals surface area contributed by atoms with Gasteiger partial charge in [-0.1, -0.05) is 28.1 Å². The Balaban J connectivity index is 2.02. The third-order valence-electron chi connectivity index (χ3n) is 3.85. The molecule has 0 radical (unpaired) electrons. The molecule has 8 heteroatoms. The number of fused-ring (bicyclic) bond motifs is 1. The fourth-order valence-corrected chi connectivity index (χ4v) is 2.98. The summed E-state index contributed by atoms with van der Waals surface area (Å²) in [7, 11) is 0. The van der Waals surface area contributed by atoms with Gasteiger partial charge in [0.1, 0.15) is 6.54 Å². The van der Waals surface area contributed by atoms with Crippen molar-refractivity contribution >= 4 is 32.8 Å². The van der Waals surface area contributed by atoms with Crippen LogP contribution in [0.25, 0.3) is 10.9 Å². The normalized spacial score (nSPS) is 10.9. The average Bonchev–Trinajstić information content (AvgIpc) is 2.61. The monoisotopic (exact) mass is 420 g/mol. The Kier molecular flexibility index (Phi) is 5.03. The number of benzene rings is 2. The molecule has 0 atom stereocenters. The Morgan fingerprint density at radius 1 is 1.15 bits per heavy atom. The molecule has 0 saturated heterocycles. The number of carbonyl (C=O) groups is 1. The van der Waals surface area contributed by atoms with Crippen molar-refractivity contribution in [2.24, 2.45) is 0 Å². The van der Waals surface area contributed by atoms with Gasteiger partial charge in [-0.2, -0.15) is 0 Å². The van der Waals surface area contributed by atoms with Gasteiger partial charge in [0.15, 0.2) is 11.6 Å². The average molecular weight is 421 g/mol. The van der Waals surface area contributed by atoms with Crippen molar-refractivity contribution in [3.8, 4) is 5.75 Å². The number of hydrogen-bond donors (Lipinski definition) is 0. The van der Waals surface area contributed by atoms with Crippen molar-refractivity contribution in [1.29, 1.82) is 0 Å². The third kappa shape index (κ3) is 3.32. The Hall–Kier alpha value is -2.74. The molecule has 1 aromatic heterocycles. The Labute approximate surface area is 155 Å². The summed E-state index contributed by atoms with van der Waals surface area (Å²) in [6.45, 7) is 1.38. The lowest BCUT2D eigenvalue weighted by atomic mass is 10.2. The lowest BCUT2D eigenvalue weighted by Gasteiger charge is -2.13. The number of ether oxygens (including phenoxy) is 1. The molecule has 0 unspecified atom stereocenters. The summed E-state index contributed by atoms with van der Waals surface area (Å²) in [5.74, 6) is -1.76. The molecule has 3 aromatic rings. The van der Waals surface area contributed by atoms with Crippen molar-refractivity contribution in [2.45, 2.75) is 20.0 Å². The number of esters is 1. The molecule has 134 valence electrons. The minimum absolute atomic E-state index is 0.166. The van der Waals surface area contributed by atoms with E-state index < -0.39 is 29.6 Å². The van der Waals surface area contributed by atoms with Gasteiger partial charge in [-0.15, -0.1) is 0 Å². The van der Waals surface area contributed by atoms with Crippen molar-refractivity contribution in [3.05, 3.63) is 73.6 Å². The van der Waals surface area contributed by atoms with Crippen LogP contribution in [0.1, 0.15) is 6.92 Å². The first-order valence-electron chi connectivity index (χ1n) is 7.80. The van der Waals surface area contributed by atoms with E-state index in [0.29, 0.717) is 15.4 Å². The van der Waals surface area contributed by atoms with E-state index in [-0.39, 0.29) is 12.3 Å². The van der Waals surface area contributed by atoms with Gasteiger partial charge in [-0.3, -0.25) is 13.9 Å². The molecule has 26 heavy (non-hydrogen) atoms. The van der Waals surface area contributed by atoms with Crippen molar-refractivity contribution < 1.29 is 13.9 Å². The van der Waals surface area contributed by atoms with E-state index in [9.17, 15) is 18.8 Å². The van der Waals surface area contributed by atoms with Gasteiger partial charge in [0.05, 0.1) is 10.9 Å². The van der Waals surface area contributed by atoms with Gasteiger partial charge in [-0.05, 0) is 37.3 Å². The van der Waals surface area contributed by atoms with E-state index in [0.717, 1.165) is 9.13 Å². The lowest BCUT2D eigenvalue weighted by Crippen LogP contribution is -2.41. The second-order valence-electron chi connectivity index (χ2n) is 5.48. The SMILES string of the molecule is CCn1c(=O)c2ccccc2n(CC(=O)Oc2ccc(Br)cc2F)c1=O. The van der Waals surface area contributed by atoms with Crippen LogP contribution in [0.4, 0.5) is 4.39 Å². The maximum absolute atomic E-state index is 13.8. The summed E-state index contributed by atoms with van der Waals surface area (Å²) >= 11 is 3.12. The predicted molar refractivity (Wildman–Crippen MR) is 97.9 cm³/mol. The van der Waals surface area contributed by atoms with Crippen LogP contribution in [-0.2, 0) is 17.9 Å². The molecule has 0 N–H and O–H groups in total. The summed E-state index contributed by atoms with van der Waals surface area (Å²) in [5, 5.41) is 0.316. The first-order chi connectivity index (χ1) is 12.4. The van der Waals surface area contributed by atoms with Crippen LogP contribution in [0.2, 0.25) is 0 Å². The Morgan fingerprint density at radius 2 is 1.88 bits per heavy atom. The molecule has 0 bridgehead atoms. The van der Waals surface area contributed by atoms with Crippen LogP contribution >= 0.6 is 15.9 Å². The molecule has 0 fully saturated rings. The highest BCUT2D eigenvalue weighted by Crippen LogP contribution is 2.21. The molecule has 0 amide bonds. The molecule has 6 nitrogen and oxygen atoms in total. The fourth-order valence-electron chi connectivity index (χ4n) is 2.64. The molecule has 0 aliphatic heterocycles. The Morgan fingerprint density at radius 3 is 2.58 bits per heavy atom. The van der Waals surface area contributed by atoms with E-state index in [4.69, 9.17) is 4.74 Å². The third-order valence-corrected chi connectivity index (χ3v) is 4.35. The second kappa shape index (κ2) is 7.25. The summed E-state index contributed by atoms with van der Waals surface area (Å²) in [5.41, 5.74) is -0.721. The highest BCUT2D eigenvalue weighted by Gasteiger charge is 2.16. The van der Waals surface area contributed by atoms with Gasteiger partial charge in [0.2, 0.25) is 0 Å². The minimum Gasteiger partial charge on any atom is -0.422 e. The fraction of sp³-hybridized carbons (Fsp3) is 0.167. The van der Waals surface area contributed by atoms with E-state index in [2.05, 4.69) is 15.9 Å². The number of aromatic nitrogens is 2. The van der Waals surface area contributed by atoms with Crippen molar-refractivity contribution in [3.63, 3.8) is 0 Å². The van der Waals surface area contributed by atoms with Crippen molar-refractivity contribution in [1.82, 2.24) is 9.13 Å². The van der Waals surface area contributed by atoms with Gasteiger partial charge in [0, 0.05) is 11.0 Å². The highest BCUT2D eigenvalue weighted by molar-refractivity contribution is 9.10. The van der Waals surface area contributed by atoms with E-state index >= 15 is 0 Å². The molecule has 1 heterocycles. The zero-order valence-corrected chi connectivity index (χ0v) is 15.3. The lowest BCUT2D eigenvalue weighted by molar-refractivity contribution is -0.135. The maximum atomic E-state index is 13.8. The van der Waals surface area contributed by atoms with Gasteiger partial charge in [0.25, 0.3) is 5.56 Å². The molecule has 0 spiro atoms. The number of hydrogen-bond acceptors (Lipinski definition) is 4. The van der Waals surface area contributed by atoms with Crippen LogP contribution in [0.5, 0.6) is 5.75 Å². The number of rotatable bonds is 4. The molecule has 3 rings (SSSR count). The largest absolute Gasteiger partial charge is 0.422 e.